The lowest BCUT2D eigenvalue weighted by atomic mass is 10.1. The standard InChI is InChI=1S/C17H29NO2/c1-6-14(7-2)12-20-17-10-16(19-5)9-8-15(17)11-18-13(3)4/h8-10,13-14,18H,6-7,11-12H2,1-5H3. The second kappa shape index (κ2) is 8.85. The topological polar surface area (TPSA) is 30.5 Å². The van der Waals surface area contributed by atoms with E-state index in [1.165, 1.54) is 5.56 Å². The van der Waals surface area contributed by atoms with Gasteiger partial charge >= 0.3 is 0 Å². The largest absolute Gasteiger partial charge is 0.497 e. The maximum absolute atomic E-state index is 6.04. The first-order valence-corrected chi connectivity index (χ1v) is 7.63. The van der Waals surface area contributed by atoms with Crippen LogP contribution in [-0.4, -0.2) is 19.8 Å². The van der Waals surface area contributed by atoms with Gasteiger partial charge in [-0.1, -0.05) is 46.6 Å². The predicted octanol–water partition coefficient (Wildman–Crippen LogP) is 4.01. The summed E-state index contributed by atoms with van der Waals surface area (Å²) in [6, 6.07) is 6.52. The van der Waals surface area contributed by atoms with Crippen LogP contribution >= 0.6 is 0 Å². The molecule has 114 valence electrons. The fourth-order valence-corrected chi connectivity index (χ4v) is 1.99. The lowest BCUT2D eigenvalue weighted by Gasteiger charge is -2.18. The van der Waals surface area contributed by atoms with E-state index in [1.54, 1.807) is 7.11 Å². The van der Waals surface area contributed by atoms with Crippen LogP contribution in [0.15, 0.2) is 18.2 Å². The van der Waals surface area contributed by atoms with E-state index in [4.69, 9.17) is 9.47 Å². The van der Waals surface area contributed by atoms with Crippen molar-refractivity contribution in [3.63, 3.8) is 0 Å². The summed E-state index contributed by atoms with van der Waals surface area (Å²) in [5.41, 5.74) is 1.19. The van der Waals surface area contributed by atoms with Gasteiger partial charge in [-0.2, -0.15) is 0 Å². The average Bonchev–Trinajstić information content (AvgIpc) is 2.46. The highest BCUT2D eigenvalue weighted by Crippen LogP contribution is 2.26. The minimum atomic E-state index is 0.462. The van der Waals surface area contributed by atoms with E-state index in [1.807, 2.05) is 12.1 Å². The molecule has 0 aromatic heterocycles. The molecule has 0 bridgehead atoms. The van der Waals surface area contributed by atoms with Gasteiger partial charge < -0.3 is 14.8 Å². The number of nitrogens with one attached hydrogen (secondary N) is 1. The summed E-state index contributed by atoms with van der Waals surface area (Å²) in [5, 5.41) is 3.43. The molecule has 0 amide bonds. The molecule has 0 aliphatic carbocycles. The summed E-state index contributed by atoms with van der Waals surface area (Å²) in [6.45, 7) is 10.3. The number of hydrogen-bond acceptors (Lipinski definition) is 3. The fourth-order valence-electron chi connectivity index (χ4n) is 1.99. The summed E-state index contributed by atoms with van der Waals surface area (Å²) in [6.07, 6.45) is 2.31. The first-order chi connectivity index (χ1) is 9.60. The Morgan fingerprint density at radius 1 is 1.15 bits per heavy atom. The van der Waals surface area contributed by atoms with Crippen LogP contribution in [0.5, 0.6) is 11.5 Å². The molecule has 0 fully saturated rings. The maximum Gasteiger partial charge on any atom is 0.127 e. The molecule has 0 spiro atoms. The van der Waals surface area contributed by atoms with Gasteiger partial charge in [0.2, 0.25) is 0 Å². The molecule has 20 heavy (non-hydrogen) atoms. The van der Waals surface area contributed by atoms with Gasteiger partial charge in [0.15, 0.2) is 0 Å². The van der Waals surface area contributed by atoms with Crippen LogP contribution in [-0.2, 0) is 6.54 Å². The Kier molecular flexibility index (Phi) is 7.45. The lowest BCUT2D eigenvalue weighted by Crippen LogP contribution is -2.22. The van der Waals surface area contributed by atoms with Crippen LogP contribution in [0.1, 0.15) is 46.1 Å². The monoisotopic (exact) mass is 279 g/mol. The van der Waals surface area contributed by atoms with Gasteiger partial charge in [-0.05, 0) is 12.0 Å². The van der Waals surface area contributed by atoms with Crippen molar-refractivity contribution in [2.75, 3.05) is 13.7 Å². The molecular formula is C17H29NO2. The quantitative estimate of drug-likeness (QED) is 0.741. The van der Waals surface area contributed by atoms with Crippen LogP contribution in [0.3, 0.4) is 0 Å². The van der Waals surface area contributed by atoms with E-state index in [9.17, 15) is 0 Å². The molecule has 1 rings (SSSR count). The van der Waals surface area contributed by atoms with E-state index in [-0.39, 0.29) is 0 Å². The molecule has 0 aliphatic rings. The Bertz CT molecular complexity index is 387. The minimum absolute atomic E-state index is 0.462. The molecule has 0 aliphatic heterocycles. The average molecular weight is 279 g/mol. The van der Waals surface area contributed by atoms with E-state index in [2.05, 4.69) is 39.1 Å². The van der Waals surface area contributed by atoms with Crippen molar-refractivity contribution in [1.29, 1.82) is 0 Å². The number of hydrogen-bond donors (Lipinski definition) is 1. The number of methoxy groups -OCH3 is 1. The molecular weight excluding hydrogens is 250 g/mol. The van der Waals surface area contributed by atoms with Gasteiger partial charge in [0.1, 0.15) is 11.5 Å². The molecule has 1 N–H and O–H groups in total. The summed E-state index contributed by atoms with van der Waals surface area (Å²) in [7, 11) is 1.69. The van der Waals surface area contributed by atoms with Gasteiger partial charge in [-0.25, -0.2) is 0 Å². The lowest BCUT2D eigenvalue weighted by molar-refractivity contribution is 0.237. The van der Waals surface area contributed by atoms with Gasteiger partial charge in [-0.3, -0.25) is 0 Å². The van der Waals surface area contributed by atoms with Crippen molar-refractivity contribution in [1.82, 2.24) is 5.32 Å². The fraction of sp³-hybridized carbons (Fsp3) is 0.647. The maximum atomic E-state index is 6.04. The summed E-state index contributed by atoms with van der Waals surface area (Å²) in [4.78, 5) is 0. The normalized spacial score (nSPS) is 11.2. The minimum Gasteiger partial charge on any atom is -0.497 e. The van der Waals surface area contributed by atoms with Crippen molar-refractivity contribution >= 4 is 0 Å². The summed E-state index contributed by atoms with van der Waals surface area (Å²) in [5.74, 6) is 2.40. The molecule has 0 atom stereocenters. The van der Waals surface area contributed by atoms with Crippen LogP contribution in [0.25, 0.3) is 0 Å². The highest BCUT2D eigenvalue weighted by atomic mass is 16.5. The zero-order valence-electron chi connectivity index (χ0n) is 13.5. The predicted molar refractivity (Wildman–Crippen MR) is 84.5 cm³/mol. The van der Waals surface area contributed by atoms with E-state index in [0.717, 1.165) is 37.5 Å². The van der Waals surface area contributed by atoms with Crippen LogP contribution < -0.4 is 14.8 Å². The number of benzene rings is 1. The second-order valence-electron chi connectivity index (χ2n) is 5.50. The molecule has 1 aromatic carbocycles. The van der Waals surface area contributed by atoms with E-state index in [0.29, 0.717) is 12.0 Å². The molecule has 1 aromatic rings. The summed E-state index contributed by atoms with van der Waals surface area (Å²) >= 11 is 0. The SMILES string of the molecule is CCC(CC)COc1cc(OC)ccc1CNC(C)C. The molecule has 3 heteroatoms. The van der Waals surface area contributed by atoms with Crippen molar-refractivity contribution in [2.24, 2.45) is 5.92 Å². The van der Waals surface area contributed by atoms with Crippen LogP contribution in [0, 0.1) is 5.92 Å². The molecule has 0 saturated heterocycles. The van der Waals surface area contributed by atoms with Crippen molar-refractivity contribution < 1.29 is 9.47 Å². The first kappa shape index (κ1) is 16.8. The highest BCUT2D eigenvalue weighted by molar-refractivity contribution is 5.40. The third-order valence-electron chi connectivity index (χ3n) is 3.60. The number of rotatable bonds is 9. The van der Waals surface area contributed by atoms with Gasteiger partial charge in [-0.15, -0.1) is 0 Å². The zero-order valence-corrected chi connectivity index (χ0v) is 13.5. The first-order valence-electron chi connectivity index (χ1n) is 7.63. The molecule has 0 unspecified atom stereocenters. The molecule has 0 radical (unpaired) electrons. The zero-order chi connectivity index (χ0) is 15.0. The smallest absolute Gasteiger partial charge is 0.127 e. The third kappa shape index (κ3) is 5.41. The summed E-state index contributed by atoms with van der Waals surface area (Å²) < 4.78 is 11.3. The highest BCUT2D eigenvalue weighted by Gasteiger charge is 2.09. The second-order valence-corrected chi connectivity index (χ2v) is 5.50. The van der Waals surface area contributed by atoms with Gasteiger partial charge in [0.05, 0.1) is 13.7 Å². The van der Waals surface area contributed by atoms with Crippen molar-refractivity contribution in [2.45, 2.75) is 53.1 Å². The Morgan fingerprint density at radius 3 is 2.40 bits per heavy atom. The molecule has 3 nitrogen and oxygen atoms in total. The van der Waals surface area contributed by atoms with E-state index >= 15 is 0 Å². The van der Waals surface area contributed by atoms with Crippen molar-refractivity contribution in [3.8, 4) is 11.5 Å². The Hall–Kier alpha value is -1.22. The van der Waals surface area contributed by atoms with E-state index < -0.39 is 0 Å². The van der Waals surface area contributed by atoms with Crippen LogP contribution in [0.2, 0.25) is 0 Å². The Balaban J connectivity index is 2.77. The molecule has 0 heterocycles. The van der Waals surface area contributed by atoms with Crippen molar-refractivity contribution in [3.05, 3.63) is 23.8 Å². The Labute approximate surface area is 123 Å². The number of ether oxygens (including phenoxy) is 2. The Morgan fingerprint density at radius 2 is 1.85 bits per heavy atom. The third-order valence-corrected chi connectivity index (χ3v) is 3.60. The van der Waals surface area contributed by atoms with Crippen LogP contribution in [0.4, 0.5) is 0 Å². The molecule has 0 saturated carbocycles. The van der Waals surface area contributed by atoms with Gasteiger partial charge in [0, 0.05) is 24.2 Å². The van der Waals surface area contributed by atoms with Gasteiger partial charge in [0.25, 0.3) is 0 Å².